The van der Waals surface area contributed by atoms with Crippen LogP contribution < -0.4 is 5.32 Å². The van der Waals surface area contributed by atoms with Crippen LogP contribution in [-0.4, -0.2) is 66.3 Å². The third-order valence-corrected chi connectivity index (χ3v) is 4.66. The summed E-state index contributed by atoms with van der Waals surface area (Å²) in [5.41, 5.74) is 0. The largest absolute Gasteiger partial charge is 0.392 e. The van der Waals surface area contributed by atoms with E-state index in [-0.39, 0.29) is 12.1 Å². The highest BCUT2D eigenvalue weighted by Crippen LogP contribution is 2.28. The number of nitrogens with one attached hydrogen (secondary N) is 1. The first-order chi connectivity index (χ1) is 10.3. The van der Waals surface area contributed by atoms with Gasteiger partial charge in [-0.05, 0) is 53.6 Å². The smallest absolute Gasteiger partial charge is 0.317 e. The standard InChI is InChI=1S/C17H35N3O2/c1-13(2)20(12-14(3)21)17(22)18-11-16(19(4)5)15-9-7-6-8-10-15/h13-16,21H,6-12H2,1-5H3,(H,18,22). The van der Waals surface area contributed by atoms with Crippen LogP contribution in [0.15, 0.2) is 0 Å². The fraction of sp³-hybridized carbons (Fsp3) is 0.941. The van der Waals surface area contributed by atoms with Gasteiger partial charge in [0.15, 0.2) is 0 Å². The molecular formula is C17H35N3O2. The minimum Gasteiger partial charge on any atom is -0.392 e. The number of aliphatic hydroxyl groups is 1. The van der Waals surface area contributed by atoms with E-state index in [1.165, 1.54) is 32.1 Å². The lowest BCUT2D eigenvalue weighted by atomic mass is 9.83. The molecule has 2 amide bonds. The lowest BCUT2D eigenvalue weighted by Crippen LogP contribution is -2.51. The first-order valence-corrected chi connectivity index (χ1v) is 8.71. The van der Waals surface area contributed by atoms with E-state index < -0.39 is 6.10 Å². The molecule has 0 aromatic carbocycles. The summed E-state index contributed by atoms with van der Waals surface area (Å²) in [6, 6.07) is 0.408. The Balaban J connectivity index is 2.56. The van der Waals surface area contributed by atoms with Crippen LogP contribution in [0, 0.1) is 5.92 Å². The molecule has 0 bridgehead atoms. The van der Waals surface area contributed by atoms with Crippen molar-refractivity contribution in [1.82, 2.24) is 15.1 Å². The Kier molecular flexibility index (Phi) is 8.18. The maximum Gasteiger partial charge on any atom is 0.317 e. The van der Waals surface area contributed by atoms with Gasteiger partial charge in [-0.25, -0.2) is 4.79 Å². The molecule has 1 saturated carbocycles. The van der Waals surface area contributed by atoms with Crippen LogP contribution in [-0.2, 0) is 0 Å². The Hall–Kier alpha value is -0.810. The molecule has 0 aromatic heterocycles. The number of urea groups is 1. The number of aliphatic hydroxyl groups excluding tert-OH is 1. The Morgan fingerprint density at radius 3 is 2.23 bits per heavy atom. The van der Waals surface area contributed by atoms with E-state index in [0.717, 1.165) is 0 Å². The summed E-state index contributed by atoms with van der Waals surface area (Å²) in [6.07, 6.45) is 5.99. The van der Waals surface area contributed by atoms with E-state index in [2.05, 4.69) is 24.3 Å². The molecule has 2 N–H and O–H groups in total. The maximum absolute atomic E-state index is 12.4. The molecule has 2 atom stereocenters. The van der Waals surface area contributed by atoms with E-state index in [4.69, 9.17) is 0 Å². The third kappa shape index (κ3) is 6.13. The second-order valence-electron chi connectivity index (χ2n) is 7.21. The van der Waals surface area contributed by atoms with Crippen LogP contribution in [0.3, 0.4) is 0 Å². The molecule has 1 fully saturated rings. The van der Waals surface area contributed by atoms with Crippen molar-refractivity contribution in [3.8, 4) is 0 Å². The third-order valence-electron chi connectivity index (χ3n) is 4.66. The zero-order chi connectivity index (χ0) is 16.7. The van der Waals surface area contributed by atoms with Crippen LogP contribution in [0.1, 0.15) is 52.9 Å². The van der Waals surface area contributed by atoms with E-state index in [9.17, 15) is 9.90 Å². The van der Waals surface area contributed by atoms with E-state index in [1.807, 2.05) is 13.8 Å². The van der Waals surface area contributed by atoms with Gasteiger partial charge in [-0.3, -0.25) is 0 Å². The highest BCUT2D eigenvalue weighted by Gasteiger charge is 2.27. The Labute approximate surface area is 136 Å². The van der Waals surface area contributed by atoms with Crippen LogP contribution in [0.4, 0.5) is 4.79 Å². The van der Waals surface area contributed by atoms with Crippen molar-refractivity contribution in [2.24, 2.45) is 5.92 Å². The van der Waals surface area contributed by atoms with Gasteiger partial charge in [0.1, 0.15) is 0 Å². The molecular weight excluding hydrogens is 278 g/mol. The molecule has 1 rings (SSSR count). The number of hydrogen-bond donors (Lipinski definition) is 2. The molecule has 22 heavy (non-hydrogen) atoms. The minimum absolute atomic E-state index is 0.0708. The Morgan fingerprint density at radius 1 is 1.18 bits per heavy atom. The van der Waals surface area contributed by atoms with Crippen molar-refractivity contribution in [3.05, 3.63) is 0 Å². The number of carbonyl (C=O) groups excluding carboxylic acids is 1. The van der Waals surface area contributed by atoms with Gasteiger partial charge < -0.3 is 20.2 Å². The summed E-state index contributed by atoms with van der Waals surface area (Å²) in [5, 5.41) is 12.6. The maximum atomic E-state index is 12.4. The summed E-state index contributed by atoms with van der Waals surface area (Å²) in [7, 11) is 4.20. The van der Waals surface area contributed by atoms with Crippen molar-refractivity contribution >= 4 is 6.03 Å². The van der Waals surface area contributed by atoms with Gasteiger partial charge in [0.05, 0.1) is 6.10 Å². The number of nitrogens with zero attached hydrogens (tertiary/aromatic N) is 2. The van der Waals surface area contributed by atoms with Crippen molar-refractivity contribution < 1.29 is 9.90 Å². The Bertz CT molecular complexity index is 326. The molecule has 1 aliphatic rings. The summed E-state index contributed by atoms with van der Waals surface area (Å²) in [5.74, 6) is 0.674. The zero-order valence-electron chi connectivity index (χ0n) is 15.0. The summed E-state index contributed by atoms with van der Waals surface area (Å²) in [6.45, 7) is 6.73. The molecule has 5 nitrogen and oxygen atoms in total. The molecule has 5 heteroatoms. The number of carbonyl (C=O) groups is 1. The second-order valence-corrected chi connectivity index (χ2v) is 7.21. The molecule has 2 unspecified atom stereocenters. The van der Waals surface area contributed by atoms with E-state index in [0.29, 0.717) is 25.0 Å². The summed E-state index contributed by atoms with van der Waals surface area (Å²) < 4.78 is 0. The molecule has 0 aliphatic heterocycles. The molecule has 0 saturated heterocycles. The lowest BCUT2D eigenvalue weighted by molar-refractivity contribution is 0.114. The predicted molar refractivity (Wildman–Crippen MR) is 91.0 cm³/mol. The van der Waals surface area contributed by atoms with Gasteiger partial charge in [-0.15, -0.1) is 0 Å². The number of rotatable bonds is 7. The monoisotopic (exact) mass is 313 g/mol. The highest BCUT2D eigenvalue weighted by atomic mass is 16.3. The molecule has 0 aromatic rings. The van der Waals surface area contributed by atoms with Gasteiger partial charge >= 0.3 is 6.03 Å². The molecule has 0 spiro atoms. The van der Waals surface area contributed by atoms with Crippen LogP contribution in [0.25, 0.3) is 0 Å². The fourth-order valence-corrected chi connectivity index (χ4v) is 3.40. The van der Waals surface area contributed by atoms with Crippen LogP contribution >= 0.6 is 0 Å². The highest BCUT2D eigenvalue weighted by molar-refractivity contribution is 5.74. The lowest BCUT2D eigenvalue weighted by Gasteiger charge is -2.36. The van der Waals surface area contributed by atoms with Gasteiger partial charge in [0.25, 0.3) is 0 Å². The normalized spacial score (nSPS) is 19.3. The van der Waals surface area contributed by atoms with Crippen molar-refractivity contribution in [1.29, 1.82) is 0 Å². The number of hydrogen-bond acceptors (Lipinski definition) is 3. The average Bonchev–Trinajstić information content (AvgIpc) is 2.45. The average molecular weight is 313 g/mol. The quantitative estimate of drug-likeness (QED) is 0.758. The topological polar surface area (TPSA) is 55.8 Å². The zero-order valence-corrected chi connectivity index (χ0v) is 15.0. The molecule has 0 heterocycles. The van der Waals surface area contributed by atoms with Crippen LogP contribution in [0.2, 0.25) is 0 Å². The minimum atomic E-state index is -0.504. The first kappa shape index (κ1) is 19.2. The number of amides is 2. The molecule has 130 valence electrons. The SMILES string of the molecule is CC(O)CN(C(=O)NCC(C1CCCCC1)N(C)C)C(C)C. The van der Waals surface area contributed by atoms with Crippen LogP contribution in [0.5, 0.6) is 0 Å². The van der Waals surface area contributed by atoms with Gasteiger partial charge in [-0.2, -0.15) is 0 Å². The van der Waals surface area contributed by atoms with E-state index in [1.54, 1.807) is 11.8 Å². The fourth-order valence-electron chi connectivity index (χ4n) is 3.40. The van der Waals surface area contributed by atoms with Gasteiger partial charge in [0.2, 0.25) is 0 Å². The van der Waals surface area contributed by atoms with Gasteiger partial charge in [0, 0.05) is 25.2 Å². The first-order valence-electron chi connectivity index (χ1n) is 8.71. The van der Waals surface area contributed by atoms with E-state index >= 15 is 0 Å². The van der Waals surface area contributed by atoms with Crippen molar-refractivity contribution in [2.45, 2.75) is 71.1 Å². The Morgan fingerprint density at radius 2 is 1.77 bits per heavy atom. The molecule has 1 aliphatic carbocycles. The van der Waals surface area contributed by atoms with Gasteiger partial charge in [-0.1, -0.05) is 19.3 Å². The summed E-state index contributed by atoms with van der Waals surface area (Å²) in [4.78, 5) is 16.4. The second kappa shape index (κ2) is 9.36. The summed E-state index contributed by atoms with van der Waals surface area (Å²) >= 11 is 0. The molecule has 0 radical (unpaired) electrons. The predicted octanol–water partition coefficient (Wildman–Crippen LogP) is 2.30. The van der Waals surface area contributed by atoms with Crippen molar-refractivity contribution in [2.75, 3.05) is 27.2 Å². The van der Waals surface area contributed by atoms with Crippen molar-refractivity contribution in [3.63, 3.8) is 0 Å². The number of likely N-dealkylation sites (N-methyl/N-ethyl adjacent to an activating group) is 1.